The smallest absolute Gasteiger partial charge is 0.0331 e. The molecule has 2 aromatic rings. The zero-order chi connectivity index (χ0) is 13.6. The first kappa shape index (κ1) is 14.3. The molecule has 1 aliphatic carbocycles. The van der Waals surface area contributed by atoms with Gasteiger partial charge in [-0.25, -0.2) is 0 Å². The highest BCUT2D eigenvalue weighted by molar-refractivity contribution is 7.09. The fourth-order valence-corrected chi connectivity index (χ4v) is 3.88. The van der Waals surface area contributed by atoms with Gasteiger partial charge < -0.3 is 5.32 Å². The lowest BCUT2D eigenvalue weighted by atomic mass is 10.2. The summed E-state index contributed by atoms with van der Waals surface area (Å²) < 4.78 is 0. The van der Waals surface area contributed by atoms with Gasteiger partial charge in [0.2, 0.25) is 0 Å². The van der Waals surface area contributed by atoms with Crippen LogP contribution in [0.1, 0.15) is 23.3 Å². The standard InChI is InChI=1S/C16H22N2S2/c1-2-16(20-10-1)12-18(15-3-4-15)9-8-17-7-5-14-6-11-19-13-14/h1-2,6,10-11,13,15,17H,3-5,7-9,12H2. The monoisotopic (exact) mass is 306 g/mol. The molecule has 2 nitrogen and oxygen atoms in total. The maximum absolute atomic E-state index is 3.58. The number of rotatable bonds is 9. The number of hydrogen-bond donors (Lipinski definition) is 1. The predicted octanol–water partition coefficient (Wildman–Crippen LogP) is 3.61. The van der Waals surface area contributed by atoms with Gasteiger partial charge in [-0.3, -0.25) is 4.90 Å². The summed E-state index contributed by atoms with van der Waals surface area (Å²) in [6.07, 6.45) is 3.93. The van der Waals surface area contributed by atoms with Gasteiger partial charge in [0.15, 0.2) is 0 Å². The molecule has 0 spiro atoms. The van der Waals surface area contributed by atoms with Crippen LogP contribution >= 0.6 is 22.7 Å². The maximum atomic E-state index is 3.58. The minimum Gasteiger partial charge on any atom is -0.315 e. The van der Waals surface area contributed by atoms with E-state index in [1.54, 1.807) is 11.3 Å². The van der Waals surface area contributed by atoms with Gasteiger partial charge >= 0.3 is 0 Å². The van der Waals surface area contributed by atoms with Crippen LogP contribution in [-0.4, -0.2) is 30.6 Å². The first-order valence-corrected chi connectivity index (χ1v) is 9.22. The Morgan fingerprint density at radius 1 is 1.20 bits per heavy atom. The van der Waals surface area contributed by atoms with Crippen LogP contribution in [0.4, 0.5) is 0 Å². The van der Waals surface area contributed by atoms with Gasteiger partial charge in [0.05, 0.1) is 0 Å². The van der Waals surface area contributed by atoms with Crippen LogP contribution in [0.25, 0.3) is 0 Å². The molecule has 20 heavy (non-hydrogen) atoms. The van der Waals surface area contributed by atoms with E-state index in [4.69, 9.17) is 0 Å². The zero-order valence-corrected chi connectivity index (χ0v) is 13.4. The summed E-state index contributed by atoms with van der Waals surface area (Å²) in [6, 6.07) is 7.48. The van der Waals surface area contributed by atoms with Gasteiger partial charge in [-0.1, -0.05) is 6.07 Å². The topological polar surface area (TPSA) is 15.3 Å². The van der Waals surface area contributed by atoms with Crippen molar-refractivity contribution in [3.63, 3.8) is 0 Å². The molecule has 1 saturated carbocycles. The van der Waals surface area contributed by atoms with Crippen LogP contribution in [0, 0.1) is 0 Å². The lowest BCUT2D eigenvalue weighted by molar-refractivity contribution is 0.257. The number of nitrogens with zero attached hydrogens (tertiary/aromatic N) is 1. The minimum absolute atomic E-state index is 0.843. The number of thiophene rings is 2. The van der Waals surface area contributed by atoms with E-state index >= 15 is 0 Å². The van der Waals surface area contributed by atoms with E-state index in [1.165, 1.54) is 29.8 Å². The van der Waals surface area contributed by atoms with Crippen molar-refractivity contribution in [3.8, 4) is 0 Å². The van der Waals surface area contributed by atoms with Crippen molar-refractivity contribution in [3.05, 3.63) is 44.8 Å². The van der Waals surface area contributed by atoms with Crippen LogP contribution < -0.4 is 5.32 Å². The number of nitrogens with one attached hydrogen (secondary N) is 1. The van der Waals surface area contributed by atoms with E-state index in [0.717, 1.165) is 32.1 Å². The molecule has 0 atom stereocenters. The highest BCUT2D eigenvalue weighted by Gasteiger charge is 2.28. The summed E-state index contributed by atoms with van der Waals surface area (Å²) in [5.74, 6) is 0. The molecule has 2 aromatic heterocycles. The average Bonchev–Trinajstić information content (AvgIpc) is 2.96. The Balaban J connectivity index is 1.35. The molecule has 1 aliphatic rings. The summed E-state index contributed by atoms with van der Waals surface area (Å²) >= 11 is 3.67. The average molecular weight is 307 g/mol. The third-order valence-electron chi connectivity index (χ3n) is 3.75. The molecule has 0 amide bonds. The van der Waals surface area contributed by atoms with Gasteiger partial charge in [0, 0.05) is 30.6 Å². The summed E-state index contributed by atoms with van der Waals surface area (Å²) in [6.45, 7) is 4.50. The van der Waals surface area contributed by atoms with E-state index in [2.05, 4.69) is 44.6 Å². The van der Waals surface area contributed by atoms with Crippen LogP contribution in [0.5, 0.6) is 0 Å². The first-order valence-electron chi connectivity index (χ1n) is 7.40. The molecule has 0 unspecified atom stereocenters. The molecule has 2 heterocycles. The highest BCUT2D eigenvalue weighted by atomic mass is 32.1. The number of hydrogen-bond acceptors (Lipinski definition) is 4. The Morgan fingerprint density at radius 3 is 2.85 bits per heavy atom. The Labute approximate surface area is 129 Å². The van der Waals surface area contributed by atoms with Crippen molar-refractivity contribution in [1.82, 2.24) is 10.2 Å². The predicted molar refractivity (Wildman–Crippen MR) is 88.6 cm³/mol. The molecular weight excluding hydrogens is 284 g/mol. The summed E-state index contributed by atoms with van der Waals surface area (Å²) in [5, 5.41) is 10.2. The molecule has 1 N–H and O–H groups in total. The van der Waals surface area contributed by atoms with E-state index in [-0.39, 0.29) is 0 Å². The van der Waals surface area contributed by atoms with Crippen molar-refractivity contribution in [2.45, 2.75) is 31.8 Å². The van der Waals surface area contributed by atoms with Crippen LogP contribution in [0.15, 0.2) is 34.3 Å². The molecule has 0 radical (unpaired) electrons. The van der Waals surface area contributed by atoms with Crippen molar-refractivity contribution in [2.24, 2.45) is 0 Å². The van der Waals surface area contributed by atoms with E-state index < -0.39 is 0 Å². The Bertz CT molecular complexity index is 475. The lowest BCUT2D eigenvalue weighted by Crippen LogP contribution is -2.33. The molecule has 0 aromatic carbocycles. The van der Waals surface area contributed by atoms with Crippen molar-refractivity contribution < 1.29 is 0 Å². The van der Waals surface area contributed by atoms with E-state index in [9.17, 15) is 0 Å². The van der Waals surface area contributed by atoms with Crippen molar-refractivity contribution >= 4 is 22.7 Å². The molecule has 0 aliphatic heterocycles. The summed E-state index contributed by atoms with van der Waals surface area (Å²) in [7, 11) is 0. The van der Waals surface area contributed by atoms with Gasteiger partial charge in [0.1, 0.15) is 0 Å². The van der Waals surface area contributed by atoms with Gasteiger partial charge in [0.25, 0.3) is 0 Å². The fraction of sp³-hybridized carbons (Fsp3) is 0.500. The first-order chi connectivity index (χ1) is 9.92. The van der Waals surface area contributed by atoms with Gasteiger partial charge in [-0.05, 0) is 59.6 Å². The quantitative estimate of drug-likeness (QED) is 0.712. The highest BCUT2D eigenvalue weighted by Crippen LogP contribution is 2.28. The second kappa shape index (κ2) is 7.36. The fourth-order valence-electron chi connectivity index (χ4n) is 2.45. The molecule has 4 heteroatoms. The Hall–Kier alpha value is -0.680. The maximum Gasteiger partial charge on any atom is 0.0331 e. The second-order valence-electron chi connectivity index (χ2n) is 5.41. The van der Waals surface area contributed by atoms with Crippen molar-refractivity contribution in [1.29, 1.82) is 0 Å². The Morgan fingerprint density at radius 2 is 2.15 bits per heavy atom. The SMILES string of the molecule is c1csc(CN(CCNCCc2ccsc2)C2CC2)c1. The molecule has 0 bridgehead atoms. The van der Waals surface area contributed by atoms with Crippen LogP contribution in [0.2, 0.25) is 0 Å². The summed E-state index contributed by atoms with van der Waals surface area (Å²) in [5.41, 5.74) is 1.46. The zero-order valence-electron chi connectivity index (χ0n) is 11.8. The molecule has 0 saturated heterocycles. The van der Waals surface area contributed by atoms with Crippen molar-refractivity contribution in [2.75, 3.05) is 19.6 Å². The van der Waals surface area contributed by atoms with E-state index in [0.29, 0.717) is 0 Å². The third kappa shape index (κ3) is 4.42. The second-order valence-corrected chi connectivity index (χ2v) is 7.22. The normalized spacial score (nSPS) is 15.1. The van der Waals surface area contributed by atoms with Crippen LogP contribution in [0.3, 0.4) is 0 Å². The minimum atomic E-state index is 0.843. The molecule has 1 fully saturated rings. The molecule has 108 valence electrons. The molecular formula is C16H22N2S2. The van der Waals surface area contributed by atoms with Gasteiger partial charge in [-0.2, -0.15) is 11.3 Å². The van der Waals surface area contributed by atoms with E-state index in [1.807, 2.05) is 11.3 Å². The Kier molecular flexibility index (Phi) is 5.25. The largest absolute Gasteiger partial charge is 0.315 e. The van der Waals surface area contributed by atoms with Crippen LogP contribution in [-0.2, 0) is 13.0 Å². The summed E-state index contributed by atoms with van der Waals surface area (Å²) in [4.78, 5) is 4.14. The third-order valence-corrected chi connectivity index (χ3v) is 5.34. The lowest BCUT2D eigenvalue weighted by Gasteiger charge is -2.21. The van der Waals surface area contributed by atoms with Gasteiger partial charge in [-0.15, -0.1) is 11.3 Å². The molecule has 3 rings (SSSR count).